The van der Waals surface area contributed by atoms with Gasteiger partial charge in [-0.3, -0.25) is 4.79 Å². The van der Waals surface area contributed by atoms with Crippen LogP contribution in [0.15, 0.2) is 0 Å². The van der Waals surface area contributed by atoms with Gasteiger partial charge in [0.2, 0.25) is 5.91 Å². The van der Waals surface area contributed by atoms with Crippen molar-refractivity contribution >= 4 is 21.8 Å². The molecule has 0 aromatic rings. The number of halogens is 1. The summed E-state index contributed by atoms with van der Waals surface area (Å²) < 4.78 is 10.5. The minimum absolute atomic E-state index is 0.0326. The highest BCUT2D eigenvalue weighted by Gasteiger charge is 2.32. The van der Waals surface area contributed by atoms with E-state index in [1.165, 1.54) is 0 Å². The van der Waals surface area contributed by atoms with Gasteiger partial charge in [-0.2, -0.15) is 0 Å². The number of carbonyl (C=O) groups excluding carboxylic acids is 1. The number of hydrogen-bond donors (Lipinski definition) is 1. The Balaban J connectivity index is 2.33. The lowest BCUT2D eigenvalue weighted by Crippen LogP contribution is -2.54. The SMILES string of the molecule is CCCOCC(=O)NC1(CBr)CCOCC1. The number of nitrogens with one attached hydrogen (secondary N) is 1. The first-order valence-electron chi connectivity index (χ1n) is 5.75. The van der Waals surface area contributed by atoms with Crippen LogP contribution in [0.25, 0.3) is 0 Å². The Morgan fingerprint density at radius 1 is 1.50 bits per heavy atom. The van der Waals surface area contributed by atoms with Gasteiger partial charge in [0.25, 0.3) is 0 Å². The van der Waals surface area contributed by atoms with Gasteiger partial charge in [-0.1, -0.05) is 22.9 Å². The van der Waals surface area contributed by atoms with Gasteiger partial charge in [-0.15, -0.1) is 0 Å². The van der Waals surface area contributed by atoms with E-state index in [0.717, 1.165) is 24.6 Å². The van der Waals surface area contributed by atoms with Crippen LogP contribution in [0.3, 0.4) is 0 Å². The molecule has 0 aromatic carbocycles. The molecule has 5 heteroatoms. The molecular weight excluding hydrogens is 274 g/mol. The second kappa shape index (κ2) is 7.25. The molecule has 1 heterocycles. The third-order valence-electron chi connectivity index (χ3n) is 2.69. The van der Waals surface area contributed by atoms with Crippen molar-refractivity contribution in [3.05, 3.63) is 0 Å². The van der Waals surface area contributed by atoms with Gasteiger partial charge in [0.1, 0.15) is 6.61 Å². The number of carbonyl (C=O) groups is 1. The van der Waals surface area contributed by atoms with Crippen molar-refractivity contribution in [3.8, 4) is 0 Å². The summed E-state index contributed by atoms with van der Waals surface area (Å²) in [7, 11) is 0. The number of alkyl halides is 1. The van der Waals surface area contributed by atoms with Gasteiger partial charge in [0, 0.05) is 25.2 Å². The molecule has 1 rings (SSSR count). The molecule has 0 aliphatic carbocycles. The summed E-state index contributed by atoms with van der Waals surface area (Å²) in [6, 6.07) is 0. The number of rotatable bonds is 6. The maximum Gasteiger partial charge on any atom is 0.246 e. The van der Waals surface area contributed by atoms with Gasteiger partial charge in [-0.05, 0) is 19.3 Å². The third kappa shape index (κ3) is 4.39. The molecule has 0 spiro atoms. The summed E-state index contributed by atoms with van der Waals surface area (Å²) in [6.45, 7) is 4.24. The van der Waals surface area contributed by atoms with E-state index in [9.17, 15) is 4.79 Å². The lowest BCUT2D eigenvalue weighted by atomic mass is 9.92. The van der Waals surface area contributed by atoms with Crippen molar-refractivity contribution in [2.45, 2.75) is 31.7 Å². The normalized spacial score (nSPS) is 19.4. The first kappa shape index (κ1) is 13.9. The zero-order valence-electron chi connectivity index (χ0n) is 9.76. The molecule has 1 saturated heterocycles. The lowest BCUT2D eigenvalue weighted by molar-refractivity contribution is -0.128. The predicted octanol–water partition coefficient (Wildman–Crippen LogP) is 1.47. The van der Waals surface area contributed by atoms with E-state index in [0.29, 0.717) is 19.8 Å². The second-order valence-electron chi connectivity index (χ2n) is 4.13. The molecule has 16 heavy (non-hydrogen) atoms. The van der Waals surface area contributed by atoms with Crippen molar-refractivity contribution in [2.24, 2.45) is 0 Å². The Morgan fingerprint density at radius 3 is 2.75 bits per heavy atom. The fourth-order valence-electron chi connectivity index (χ4n) is 1.70. The largest absolute Gasteiger partial charge is 0.381 e. The molecule has 0 unspecified atom stereocenters. The molecular formula is C11H20BrNO3. The molecule has 1 N–H and O–H groups in total. The molecule has 0 saturated carbocycles. The Labute approximate surface area is 105 Å². The molecule has 1 aliphatic heterocycles. The Morgan fingerprint density at radius 2 is 2.19 bits per heavy atom. The maximum absolute atomic E-state index is 11.7. The van der Waals surface area contributed by atoms with Crippen LogP contribution in [-0.4, -0.2) is 43.2 Å². The fraction of sp³-hybridized carbons (Fsp3) is 0.909. The van der Waals surface area contributed by atoms with E-state index >= 15 is 0 Å². The monoisotopic (exact) mass is 293 g/mol. The van der Waals surface area contributed by atoms with Gasteiger partial charge in [0.05, 0.1) is 5.54 Å². The first-order chi connectivity index (χ1) is 7.72. The molecule has 94 valence electrons. The van der Waals surface area contributed by atoms with Gasteiger partial charge < -0.3 is 14.8 Å². The summed E-state index contributed by atoms with van der Waals surface area (Å²) in [5.74, 6) is -0.0326. The molecule has 1 aliphatic rings. The van der Waals surface area contributed by atoms with E-state index in [1.54, 1.807) is 0 Å². The standard InChI is InChI=1S/C11H20BrNO3/c1-2-5-16-8-10(14)13-11(9-12)3-6-15-7-4-11/h2-9H2,1H3,(H,13,14). The van der Waals surface area contributed by atoms with Crippen molar-refractivity contribution in [1.29, 1.82) is 0 Å². The van der Waals surface area contributed by atoms with E-state index in [1.807, 2.05) is 6.92 Å². The highest BCUT2D eigenvalue weighted by Crippen LogP contribution is 2.22. The molecule has 1 amide bonds. The third-order valence-corrected chi connectivity index (χ3v) is 3.77. The summed E-state index contributed by atoms with van der Waals surface area (Å²) in [4.78, 5) is 11.7. The summed E-state index contributed by atoms with van der Waals surface area (Å²) >= 11 is 3.47. The van der Waals surface area contributed by atoms with Gasteiger partial charge in [-0.25, -0.2) is 0 Å². The van der Waals surface area contributed by atoms with Crippen LogP contribution < -0.4 is 5.32 Å². The summed E-state index contributed by atoms with van der Waals surface area (Å²) in [6.07, 6.45) is 2.65. The lowest BCUT2D eigenvalue weighted by Gasteiger charge is -2.36. The molecule has 1 fully saturated rings. The second-order valence-corrected chi connectivity index (χ2v) is 4.69. The van der Waals surface area contributed by atoms with Gasteiger partial charge in [0.15, 0.2) is 0 Å². The maximum atomic E-state index is 11.7. The van der Waals surface area contributed by atoms with Crippen LogP contribution in [-0.2, 0) is 14.3 Å². The number of amides is 1. The molecule has 0 bridgehead atoms. The average Bonchev–Trinajstić information content (AvgIpc) is 2.30. The van der Waals surface area contributed by atoms with E-state index in [2.05, 4.69) is 21.2 Å². The minimum Gasteiger partial charge on any atom is -0.381 e. The van der Waals surface area contributed by atoms with Crippen molar-refractivity contribution in [3.63, 3.8) is 0 Å². The topological polar surface area (TPSA) is 47.6 Å². The molecule has 4 nitrogen and oxygen atoms in total. The van der Waals surface area contributed by atoms with Crippen molar-refractivity contribution in [2.75, 3.05) is 31.8 Å². The first-order valence-corrected chi connectivity index (χ1v) is 6.87. The highest BCUT2D eigenvalue weighted by molar-refractivity contribution is 9.09. The minimum atomic E-state index is -0.148. The van der Waals surface area contributed by atoms with E-state index < -0.39 is 0 Å². The quantitative estimate of drug-likeness (QED) is 0.596. The molecule has 0 aromatic heterocycles. The summed E-state index contributed by atoms with van der Waals surface area (Å²) in [5.41, 5.74) is -0.148. The van der Waals surface area contributed by atoms with Crippen LogP contribution in [0.2, 0.25) is 0 Å². The highest BCUT2D eigenvalue weighted by atomic mass is 79.9. The van der Waals surface area contributed by atoms with Crippen molar-refractivity contribution < 1.29 is 14.3 Å². The van der Waals surface area contributed by atoms with Crippen LogP contribution in [0.1, 0.15) is 26.2 Å². The predicted molar refractivity (Wildman–Crippen MR) is 65.8 cm³/mol. The Hall–Kier alpha value is -0.130. The zero-order valence-corrected chi connectivity index (χ0v) is 11.3. The summed E-state index contributed by atoms with van der Waals surface area (Å²) in [5, 5.41) is 3.82. The number of hydrogen-bond acceptors (Lipinski definition) is 3. The van der Waals surface area contributed by atoms with Crippen LogP contribution in [0.4, 0.5) is 0 Å². The molecule has 0 atom stereocenters. The van der Waals surface area contributed by atoms with Gasteiger partial charge >= 0.3 is 0 Å². The Bertz CT molecular complexity index is 217. The molecule has 0 radical (unpaired) electrons. The number of ether oxygens (including phenoxy) is 2. The van der Waals surface area contributed by atoms with Crippen LogP contribution in [0, 0.1) is 0 Å². The van der Waals surface area contributed by atoms with Crippen molar-refractivity contribution in [1.82, 2.24) is 5.32 Å². The van der Waals surface area contributed by atoms with Crippen LogP contribution in [0.5, 0.6) is 0 Å². The zero-order chi connectivity index (χ0) is 11.9. The average molecular weight is 294 g/mol. The fourth-order valence-corrected chi connectivity index (χ4v) is 2.40. The van der Waals surface area contributed by atoms with Crippen LogP contribution >= 0.6 is 15.9 Å². The Kier molecular flexibility index (Phi) is 6.31. The smallest absolute Gasteiger partial charge is 0.246 e. The van der Waals surface area contributed by atoms with E-state index in [4.69, 9.17) is 9.47 Å². The van der Waals surface area contributed by atoms with E-state index in [-0.39, 0.29) is 18.1 Å².